The smallest absolute Gasteiger partial charge is 0.313 e. The summed E-state index contributed by atoms with van der Waals surface area (Å²) >= 11 is 0. The zero-order valence-corrected chi connectivity index (χ0v) is 24.8. The summed E-state index contributed by atoms with van der Waals surface area (Å²) in [5, 5.41) is 10.5. The third-order valence-electron chi connectivity index (χ3n) is 9.27. The second-order valence-electron chi connectivity index (χ2n) is 11.9. The van der Waals surface area contributed by atoms with E-state index >= 15 is 0 Å². The zero-order chi connectivity index (χ0) is 29.5. The molecule has 1 aromatic rings. The van der Waals surface area contributed by atoms with Gasteiger partial charge >= 0.3 is 5.97 Å². The highest BCUT2D eigenvalue weighted by Crippen LogP contribution is 2.59. The van der Waals surface area contributed by atoms with E-state index in [1.54, 1.807) is 11.0 Å². The summed E-state index contributed by atoms with van der Waals surface area (Å²) in [6.45, 7) is 12.0. The van der Waals surface area contributed by atoms with Crippen LogP contribution in [0.25, 0.3) is 0 Å². The second-order valence-corrected chi connectivity index (χ2v) is 11.9. The van der Waals surface area contributed by atoms with E-state index in [1.807, 2.05) is 63.3 Å². The molecule has 41 heavy (non-hydrogen) atoms. The van der Waals surface area contributed by atoms with Crippen LogP contribution in [-0.2, 0) is 23.9 Å². The van der Waals surface area contributed by atoms with Crippen molar-refractivity contribution in [3.8, 4) is 0 Å². The Bertz CT molecular complexity index is 1220. The molecule has 4 aliphatic heterocycles. The van der Waals surface area contributed by atoms with Crippen LogP contribution in [0.4, 0.5) is 11.4 Å². The standard InChI is InChI=1S/C32H43N3O6/c1-6-31-15-10-18-40-30(39)26(31)25-28(37)35(24(20-36)19-21(4)5)27-29(38)34(17-9-16-32(25,27)41-31)23-13-11-22(12-14-23)33(7-2)8-3/h9-16,21,24-27,36H,6-8,17-20H2,1-5H3/t24-,25+,26+,27?,31-,32+/m1/s1. The number of benzene rings is 1. The van der Waals surface area contributed by atoms with Gasteiger partial charge in [-0.15, -0.1) is 0 Å². The van der Waals surface area contributed by atoms with Crippen molar-refractivity contribution in [3.63, 3.8) is 0 Å². The molecule has 0 bridgehead atoms. The number of hydrogen-bond acceptors (Lipinski definition) is 7. The van der Waals surface area contributed by atoms with Gasteiger partial charge in [-0.2, -0.15) is 0 Å². The predicted molar refractivity (Wildman–Crippen MR) is 156 cm³/mol. The lowest BCUT2D eigenvalue weighted by molar-refractivity contribution is -0.159. The summed E-state index contributed by atoms with van der Waals surface area (Å²) < 4.78 is 12.4. The third kappa shape index (κ3) is 4.57. The van der Waals surface area contributed by atoms with Gasteiger partial charge in [0.05, 0.1) is 18.6 Å². The van der Waals surface area contributed by atoms with Crippen molar-refractivity contribution in [3.05, 3.63) is 48.6 Å². The molecule has 4 aliphatic rings. The Morgan fingerprint density at radius 3 is 2.32 bits per heavy atom. The Kier molecular flexibility index (Phi) is 8.05. The number of aliphatic hydroxyl groups excluding tert-OH is 1. The van der Waals surface area contributed by atoms with Gasteiger partial charge in [-0.3, -0.25) is 14.4 Å². The van der Waals surface area contributed by atoms with Crippen LogP contribution < -0.4 is 9.80 Å². The first-order valence-corrected chi connectivity index (χ1v) is 15.0. The fourth-order valence-corrected chi connectivity index (χ4v) is 7.41. The maximum atomic E-state index is 14.7. The van der Waals surface area contributed by atoms with Gasteiger partial charge in [0, 0.05) is 31.0 Å². The number of aliphatic hydroxyl groups is 1. The van der Waals surface area contributed by atoms with Crippen molar-refractivity contribution in [1.82, 2.24) is 4.90 Å². The number of fused-ring (bicyclic) bond motifs is 2. The van der Waals surface area contributed by atoms with Crippen LogP contribution in [-0.4, -0.2) is 83.9 Å². The lowest BCUT2D eigenvalue weighted by Gasteiger charge is -2.41. The van der Waals surface area contributed by atoms with Crippen LogP contribution in [0.1, 0.15) is 47.5 Å². The molecule has 222 valence electrons. The fourth-order valence-electron chi connectivity index (χ4n) is 7.41. The van der Waals surface area contributed by atoms with Crippen LogP contribution >= 0.6 is 0 Å². The van der Waals surface area contributed by atoms with Crippen molar-refractivity contribution in [1.29, 1.82) is 0 Å². The Morgan fingerprint density at radius 1 is 1.00 bits per heavy atom. The molecule has 1 unspecified atom stereocenters. The molecular formula is C32H43N3O6. The molecule has 5 rings (SSSR count). The number of carbonyl (C=O) groups excluding carboxylic acids is 3. The highest BCUT2D eigenvalue weighted by molar-refractivity contribution is 6.06. The molecule has 0 aliphatic carbocycles. The summed E-state index contributed by atoms with van der Waals surface area (Å²) in [6.07, 6.45) is 8.26. The lowest BCUT2D eigenvalue weighted by atomic mass is 9.73. The number of nitrogens with zero attached hydrogens (tertiary/aromatic N) is 3. The van der Waals surface area contributed by atoms with Crippen LogP contribution in [0, 0.1) is 17.8 Å². The molecule has 2 saturated heterocycles. The largest absolute Gasteiger partial charge is 0.461 e. The van der Waals surface area contributed by atoms with E-state index in [1.165, 1.54) is 4.90 Å². The Hall–Kier alpha value is -3.17. The van der Waals surface area contributed by atoms with Gasteiger partial charge in [0.2, 0.25) is 5.91 Å². The maximum Gasteiger partial charge on any atom is 0.313 e. The molecule has 9 nitrogen and oxygen atoms in total. The maximum absolute atomic E-state index is 14.7. The van der Waals surface area contributed by atoms with Gasteiger partial charge in [0.1, 0.15) is 29.8 Å². The Morgan fingerprint density at radius 2 is 1.71 bits per heavy atom. The first-order valence-electron chi connectivity index (χ1n) is 15.0. The molecule has 2 amide bonds. The number of anilines is 2. The number of cyclic esters (lactones) is 1. The van der Waals surface area contributed by atoms with E-state index in [0.29, 0.717) is 18.5 Å². The average Bonchev–Trinajstić information content (AvgIpc) is 3.24. The van der Waals surface area contributed by atoms with E-state index in [9.17, 15) is 19.5 Å². The minimum Gasteiger partial charge on any atom is -0.461 e. The van der Waals surface area contributed by atoms with Crippen molar-refractivity contribution >= 4 is 29.2 Å². The summed E-state index contributed by atoms with van der Waals surface area (Å²) in [5.41, 5.74) is -0.673. The first kappa shape index (κ1) is 29.3. The highest BCUT2D eigenvalue weighted by Gasteiger charge is 2.76. The topological polar surface area (TPSA) is 99.6 Å². The number of ether oxygens (including phenoxy) is 2. The van der Waals surface area contributed by atoms with Crippen LogP contribution in [0.15, 0.2) is 48.6 Å². The van der Waals surface area contributed by atoms with Gasteiger partial charge in [0.15, 0.2) is 0 Å². The van der Waals surface area contributed by atoms with Gasteiger partial charge in [-0.25, -0.2) is 0 Å². The van der Waals surface area contributed by atoms with Crippen molar-refractivity contribution < 1.29 is 29.0 Å². The third-order valence-corrected chi connectivity index (χ3v) is 9.27. The molecule has 4 heterocycles. The number of amides is 2. The summed E-state index contributed by atoms with van der Waals surface area (Å²) in [6, 6.07) is 6.23. The van der Waals surface area contributed by atoms with E-state index in [4.69, 9.17) is 9.47 Å². The second kappa shape index (κ2) is 11.2. The number of esters is 1. The van der Waals surface area contributed by atoms with E-state index in [-0.39, 0.29) is 37.5 Å². The molecule has 0 radical (unpaired) electrons. The molecule has 0 aromatic heterocycles. The fraction of sp³-hybridized carbons (Fsp3) is 0.594. The van der Waals surface area contributed by atoms with Crippen molar-refractivity contribution in [2.75, 3.05) is 42.6 Å². The summed E-state index contributed by atoms with van der Waals surface area (Å²) in [7, 11) is 0. The first-order chi connectivity index (χ1) is 19.7. The normalized spacial score (nSPS) is 31.5. The van der Waals surface area contributed by atoms with Crippen LogP contribution in [0.3, 0.4) is 0 Å². The quantitative estimate of drug-likeness (QED) is 0.362. The van der Waals surface area contributed by atoms with Crippen LogP contribution in [0.2, 0.25) is 0 Å². The predicted octanol–water partition coefficient (Wildman–Crippen LogP) is 3.32. The monoisotopic (exact) mass is 565 g/mol. The van der Waals surface area contributed by atoms with E-state index in [0.717, 1.165) is 18.8 Å². The van der Waals surface area contributed by atoms with Gasteiger partial charge < -0.3 is 29.3 Å². The van der Waals surface area contributed by atoms with E-state index < -0.39 is 41.1 Å². The van der Waals surface area contributed by atoms with Crippen molar-refractivity contribution in [2.45, 2.75) is 70.7 Å². The average molecular weight is 566 g/mol. The molecule has 9 heteroatoms. The Labute approximate surface area is 242 Å². The zero-order valence-electron chi connectivity index (χ0n) is 24.8. The molecular weight excluding hydrogens is 522 g/mol. The SMILES string of the molecule is CCN(CC)c1ccc(N2CC=C[C@]34O[C@]5(CC)C=CCOC(=O)[C@@H]5[C@H]3C(=O)N([C@@H](CO)CC(C)C)C4C2=O)cc1. The van der Waals surface area contributed by atoms with Gasteiger partial charge in [-0.1, -0.05) is 39.0 Å². The molecule has 1 spiro atoms. The molecule has 2 fully saturated rings. The highest BCUT2D eigenvalue weighted by atomic mass is 16.6. The number of rotatable bonds is 9. The summed E-state index contributed by atoms with van der Waals surface area (Å²) in [4.78, 5) is 48.1. The van der Waals surface area contributed by atoms with Crippen molar-refractivity contribution in [2.24, 2.45) is 17.8 Å². The summed E-state index contributed by atoms with van der Waals surface area (Å²) in [5.74, 6) is -2.82. The van der Waals surface area contributed by atoms with Crippen LogP contribution in [0.5, 0.6) is 0 Å². The Balaban J connectivity index is 1.63. The lowest BCUT2D eigenvalue weighted by Crippen LogP contribution is -2.59. The molecule has 1 aromatic carbocycles. The molecule has 1 N–H and O–H groups in total. The number of likely N-dealkylation sites (tertiary alicyclic amines) is 1. The molecule has 0 saturated carbocycles. The van der Waals surface area contributed by atoms with E-state index in [2.05, 4.69) is 18.7 Å². The number of carbonyl (C=O) groups is 3. The van der Waals surface area contributed by atoms with Gasteiger partial charge in [-0.05, 0) is 62.9 Å². The minimum absolute atomic E-state index is 0.111. The number of hydrogen-bond donors (Lipinski definition) is 1. The van der Waals surface area contributed by atoms with Gasteiger partial charge in [0.25, 0.3) is 5.91 Å². The molecule has 6 atom stereocenters. The minimum atomic E-state index is -1.38.